The first-order valence-electron chi connectivity index (χ1n) is 3.83. The van der Waals surface area contributed by atoms with Gasteiger partial charge in [-0.3, -0.25) is 22.8 Å². The largest absolute Gasteiger partial charge is 3.00 e. The number of hydrogen-bond donors (Lipinski definition) is 10. The zero-order valence-electron chi connectivity index (χ0n) is 11.7. The summed E-state index contributed by atoms with van der Waals surface area (Å²) in [5.74, 6) is 0. The minimum Gasteiger partial charge on any atom is -0.756 e. The van der Waals surface area contributed by atoms with Crippen LogP contribution >= 0.6 is 39.1 Å². The monoisotopic (exact) mass is 568 g/mol. The molecular weight excluding hydrogens is 558 g/mol. The summed E-state index contributed by atoms with van der Waals surface area (Å²) < 4.78 is 43.9. The Hall–Kier alpha value is 1.60. The molecule has 0 aliphatic heterocycles. The third kappa shape index (κ3) is 7050. The first-order chi connectivity index (χ1) is 10.0. The van der Waals surface area contributed by atoms with Gasteiger partial charge in [0, 0.05) is 0 Å². The van der Waals surface area contributed by atoms with E-state index >= 15 is 0 Å². The summed E-state index contributed by atoms with van der Waals surface area (Å²) in [6.07, 6.45) is 0. The second kappa shape index (κ2) is 19.6. The molecule has 0 bridgehead atoms. The molecule has 0 fully saturated rings. The van der Waals surface area contributed by atoms with Crippen molar-refractivity contribution in [3.05, 3.63) is 0 Å². The van der Waals surface area contributed by atoms with Crippen molar-refractivity contribution in [2.75, 3.05) is 0 Å². The first kappa shape index (κ1) is 46.7. The van der Waals surface area contributed by atoms with Crippen LogP contribution in [0.2, 0.25) is 0 Å². The maximum Gasteiger partial charge on any atom is 3.00 e. The molecule has 0 aromatic carbocycles. The van der Waals surface area contributed by atoms with Crippen LogP contribution in [0.15, 0.2) is 0 Å². The quantitative estimate of drug-likeness (QED) is 0.0958. The van der Waals surface area contributed by atoms with Gasteiger partial charge >= 0.3 is 34.4 Å². The predicted octanol–water partition coefficient (Wildman–Crippen LogP) is -8.19. The van der Waals surface area contributed by atoms with E-state index in [1.165, 1.54) is 0 Å². The molecule has 0 saturated carbocycles. The number of phosphoric acid groups is 5. The average Bonchev–Trinajstić information content (AvgIpc) is 1.79. The average molecular weight is 568 g/mol. The fourth-order valence-electron chi connectivity index (χ4n) is 0. The molecule has 0 unspecified atom stereocenters. The van der Waals surface area contributed by atoms with Crippen LogP contribution < -0.4 is 24.5 Å². The second-order valence-electron chi connectivity index (χ2n) is 2.45. The Morgan fingerprint density at radius 3 is 0.370 bits per heavy atom. The van der Waals surface area contributed by atoms with Crippen molar-refractivity contribution in [3.63, 3.8) is 0 Å². The summed E-state index contributed by atoms with van der Waals surface area (Å²) in [5, 5.41) is 0. The van der Waals surface area contributed by atoms with Crippen LogP contribution in [-0.4, -0.2) is 66.3 Å². The maximum atomic E-state index is 8.77. The first-order valence-corrected chi connectivity index (χ1v) is 11.5. The molecule has 0 rings (SSSR count). The zero-order chi connectivity index (χ0) is 22.5. The van der Waals surface area contributed by atoms with Crippen LogP contribution in [0.3, 0.4) is 0 Å². The van der Waals surface area contributed by atoms with Gasteiger partial charge in [-0.1, -0.05) is 0 Å². The van der Waals surface area contributed by atoms with Crippen LogP contribution in [-0.2, 0) is 39.9 Å². The van der Waals surface area contributed by atoms with Crippen molar-refractivity contribution in [1.29, 1.82) is 0 Å². The van der Waals surface area contributed by atoms with Gasteiger partial charge < -0.3 is 73.4 Å². The Bertz CT molecular complexity index is 377. The minimum atomic E-state index is -4.89. The Morgan fingerprint density at radius 1 is 0.370 bits per heavy atom. The summed E-state index contributed by atoms with van der Waals surface area (Å²) in [6, 6.07) is 0. The molecule has 166 valence electrons. The number of rotatable bonds is 0. The number of hydrogen-bond acceptors (Lipinski definition) is 10. The second-order valence-corrected chi connectivity index (χ2v) is 7.36. The van der Waals surface area contributed by atoms with Crippen molar-refractivity contribution in [3.8, 4) is 0 Å². The molecule has 10 N–H and O–H groups in total. The zero-order valence-corrected chi connectivity index (χ0v) is 18.5. The van der Waals surface area contributed by atoms with Crippen molar-refractivity contribution in [1.82, 2.24) is 0 Å². The molecule has 0 spiro atoms. The van der Waals surface area contributed by atoms with Gasteiger partial charge in [-0.2, -0.15) is 0 Å². The third-order valence-electron chi connectivity index (χ3n) is 0. The van der Waals surface area contributed by atoms with Crippen molar-refractivity contribution < 1.29 is 113 Å². The van der Waals surface area contributed by atoms with Crippen LogP contribution in [0.1, 0.15) is 0 Å². The van der Waals surface area contributed by atoms with E-state index < -0.39 is 39.1 Å². The Morgan fingerprint density at radius 2 is 0.370 bits per heavy atom. The fourth-order valence-corrected chi connectivity index (χ4v) is 0. The smallest absolute Gasteiger partial charge is 0.756 e. The molecular formula is H10AlFeO20P5. The van der Waals surface area contributed by atoms with Gasteiger partial charge in [0.25, 0.3) is 39.1 Å². The van der Waals surface area contributed by atoms with E-state index in [4.69, 9.17) is 96.2 Å². The van der Waals surface area contributed by atoms with E-state index in [2.05, 4.69) is 0 Å². The van der Waals surface area contributed by atoms with Gasteiger partial charge in [0.15, 0.2) is 0 Å². The molecule has 0 aromatic rings. The van der Waals surface area contributed by atoms with E-state index in [0.29, 0.717) is 0 Å². The van der Waals surface area contributed by atoms with Crippen molar-refractivity contribution in [2.24, 2.45) is 0 Å². The molecule has 0 aliphatic rings. The summed E-state index contributed by atoms with van der Waals surface area (Å²) >= 11 is 0. The third-order valence-corrected chi connectivity index (χ3v) is 0. The van der Waals surface area contributed by atoms with Gasteiger partial charge in [-0.25, -0.2) is 0 Å². The fraction of sp³-hybridized carbons (Fsp3) is 0. The van der Waals surface area contributed by atoms with Crippen molar-refractivity contribution >= 4 is 56.5 Å². The molecule has 0 saturated heterocycles. The van der Waals surface area contributed by atoms with Crippen LogP contribution in [0.4, 0.5) is 0 Å². The summed E-state index contributed by atoms with van der Waals surface area (Å²) in [7, 11) is -24.4. The Balaban J connectivity index is -0.0000000364. The molecule has 27 heavy (non-hydrogen) atoms. The molecule has 27 heteroatoms. The Labute approximate surface area is 170 Å². The summed E-state index contributed by atoms with van der Waals surface area (Å²) in [6.45, 7) is 0. The summed E-state index contributed by atoms with van der Waals surface area (Å²) in [5.41, 5.74) is 0. The molecule has 0 radical (unpaired) electrons. The van der Waals surface area contributed by atoms with Crippen LogP contribution in [0, 0.1) is 0 Å². The van der Waals surface area contributed by atoms with E-state index in [-0.39, 0.29) is 34.4 Å². The van der Waals surface area contributed by atoms with E-state index in [0.717, 1.165) is 0 Å². The van der Waals surface area contributed by atoms with Gasteiger partial charge in [-0.15, -0.1) is 0 Å². The molecule has 0 aromatic heterocycles. The van der Waals surface area contributed by atoms with Crippen LogP contribution in [0.25, 0.3) is 0 Å². The normalized spacial score (nSPS) is 10.9. The van der Waals surface area contributed by atoms with E-state index in [1.807, 2.05) is 0 Å². The molecule has 0 heterocycles. The van der Waals surface area contributed by atoms with Gasteiger partial charge in [0.1, 0.15) is 0 Å². The minimum absolute atomic E-state index is 0. The topological polar surface area (TPSA) is 403 Å². The van der Waals surface area contributed by atoms with Crippen molar-refractivity contribution in [2.45, 2.75) is 0 Å². The molecule has 0 atom stereocenters. The Kier molecular flexibility index (Phi) is 33.8. The predicted molar refractivity (Wildman–Crippen MR) is 66.0 cm³/mol. The molecule has 0 amide bonds. The maximum absolute atomic E-state index is 8.77. The van der Waals surface area contributed by atoms with E-state index in [1.54, 1.807) is 0 Å². The van der Waals surface area contributed by atoms with E-state index in [9.17, 15) is 0 Å². The van der Waals surface area contributed by atoms with Gasteiger partial charge in [0.05, 0.1) is 0 Å². The molecule has 20 nitrogen and oxygen atoms in total. The van der Waals surface area contributed by atoms with Gasteiger partial charge in [-0.05, 0) is 0 Å². The summed E-state index contributed by atoms with van der Waals surface area (Å²) in [4.78, 5) is 115. The van der Waals surface area contributed by atoms with Crippen LogP contribution in [0.5, 0.6) is 0 Å². The SMILES string of the molecule is O=P([O-])(O)O.O=P([O-])(O)O.O=P([O-])(O)O.O=P([O-])(O)O.O=P([O-])(O)O.[Al+3].[Fe+2]. The molecule has 0 aliphatic carbocycles. The standard InChI is InChI=1S/Al.Fe.5H3O4P/c;;5*1-5(2,3)4/h;;5*(H3,1,2,3,4)/q+3;+2;;;;;/p-5. The van der Waals surface area contributed by atoms with Gasteiger partial charge in [0.2, 0.25) is 0 Å².